The molecule has 0 aliphatic carbocycles. The Labute approximate surface area is 110 Å². The minimum absolute atomic E-state index is 0.315. The van der Waals surface area contributed by atoms with E-state index in [1.54, 1.807) is 23.9 Å². The van der Waals surface area contributed by atoms with Crippen molar-refractivity contribution in [1.29, 1.82) is 0 Å². The number of rotatable bonds is 1. The molecule has 1 atom stereocenters. The highest BCUT2D eigenvalue weighted by Gasteiger charge is 2.21. The third-order valence-electron chi connectivity index (χ3n) is 3.24. The summed E-state index contributed by atoms with van der Waals surface area (Å²) in [4.78, 5) is 1.15. The summed E-state index contributed by atoms with van der Waals surface area (Å²) in [7, 11) is 0. The van der Waals surface area contributed by atoms with Gasteiger partial charge in [-0.15, -0.1) is 11.8 Å². The molecule has 1 aliphatic heterocycles. The molecule has 3 rings (SSSR count). The van der Waals surface area contributed by atoms with Gasteiger partial charge in [0.1, 0.15) is 11.5 Å². The smallest absolute Gasteiger partial charge is 0.116 e. The third-order valence-corrected chi connectivity index (χ3v) is 4.66. The van der Waals surface area contributed by atoms with Crippen molar-refractivity contribution in [3.63, 3.8) is 0 Å². The Balaban J connectivity index is 1.90. The number of hydrogen-bond acceptors (Lipinski definition) is 3. The molecule has 0 fully saturated rings. The predicted octanol–water partition coefficient (Wildman–Crippen LogP) is 3.88. The van der Waals surface area contributed by atoms with Crippen molar-refractivity contribution in [3.05, 3.63) is 53.6 Å². The van der Waals surface area contributed by atoms with Crippen LogP contribution >= 0.6 is 11.8 Å². The van der Waals surface area contributed by atoms with Gasteiger partial charge in [-0.25, -0.2) is 0 Å². The summed E-state index contributed by atoms with van der Waals surface area (Å²) in [5, 5.41) is 19.4. The van der Waals surface area contributed by atoms with Crippen molar-refractivity contribution >= 4 is 11.8 Å². The van der Waals surface area contributed by atoms with E-state index in [1.165, 1.54) is 5.56 Å². The van der Waals surface area contributed by atoms with E-state index in [4.69, 9.17) is 0 Å². The predicted molar refractivity (Wildman–Crippen MR) is 73.1 cm³/mol. The van der Waals surface area contributed by atoms with Crippen LogP contribution in [0.25, 0.3) is 0 Å². The van der Waals surface area contributed by atoms with Gasteiger partial charge in [-0.1, -0.05) is 18.2 Å². The monoisotopic (exact) mass is 258 g/mol. The number of fused-ring (bicyclic) bond motifs is 1. The molecule has 0 saturated carbocycles. The van der Waals surface area contributed by atoms with E-state index in [2.05, 4.69) is 0 Å². The van der Waals surface area contributed by atoms with E-state index in [0.29, 0.717) is 16.7 Å². The van der Waals surface area contributed by atoms with E-state index in [0.717, 1.165) is 23.3 Å². The molecule has 92 valence electrons. The molecule has 0 bridgehead atoms. The van der Waals surface area contributed by atoms with Gasteiger partial charge in [0.05, 0.1) is 0 Å². The van der Waals surface area contributed by atoms with Crippen molar-refractivity contribution in [2.24, 2.45) is 0 Å². The van der Waals surface area contributed by atoms with Gasteiger partial charge in [0, 0.05) is 10.1 Å². The van der Waals surface area contributed by atoms with E-state index in [9.17, 15) is 10.2 Å². The van der Waals surface area contributed by atoms with Crippen LogP contribution in [0.1, 0.15) is 22.8 Å². The van der Waals surface area contributed by atoms with Crippen LogP contribution in [0.3, 0.4) is 0 Å². The van der Waals surface area contributed by atoms with Gasteiger partial charge in [-0.3, -0.25) is 0 Å². The van der Waals surface area contributed by atoms with Crippen molar-refractivity contribution in [2.75, 3.05) is 0 Å². The maximum atomic E-state index is 9.54. The molecule has 2 N–H and O–H groups in total. The van der Waals surface area contributed by atoms with Crippen LogP contribution < -0.4 is 0 Å². The van der Waals surface area contributed by atoms with Crippen LogP contribution in [-0.4, -0.2) is 10.2 Å². The van der Waals surface area contributed by atoms with Crippen LogP contribution in [0.2, 0.25) is 0 Å². The molecule has 0 amide bonds. The second kappa shape index (κ2) is 4.58. The molecule has 3 heteroatoms. The molecule has 2 aromatic carbocycles. The number of benzene rings is 2. The fourth-order valence-electron chi connectivity index (χ4n) is 2.32. The molecule has 0 saturated heterocycles. The minimum Gasteiger partial charge on any atom is -0.508 e. The molecule has 0 aromatic heterocycles. The van der Waals surface area contributed by atoms with Crippen molar-refractivity contribution in [1.82, 2.24) is 0 Å². The first-order chi connectivity index (χ1) is 8.72. The highest BCUT2D eigenvalue weighted by molar-refractivity contribution is 7.99. The first-order valence-electron chi connectivity index (χ1n) is 6.00. The zero-order valence-electron chi connectivity index (χ0n) is 9.84. The van der Waals surface area contributed by atoms with Crippen molar-refractivity contribution < 1.29 is 10.2 Å². The highest BCUT2D eigenvalue weighted by Crippen LogP contribution is 2.45. The number of phenolic OH excluding ortho intramolecular Hbond substituents is 2. The summed E-state index contributed by atoms with van der Waals surface area (Å²) < 4.78 is 0. The summed E-state index contributed by atoms with van der Waals surface area (Å²) in [6, 6.07) is 13.0. The normalized spacial score (nSPS) is 18.3. The number of aromatic hydroxyl groups is 2. The summed E-state index contributed by atoms with van der Waals surface area (Å²) in [6.45, 7) is 0. The lowest BCUT2D eigenvalue weighted by atomic mass is 10.0. The number of phenols is 2. The number of hydrogen-bond donors (Lipinski definition) is 2. The quantitative estimate of drug-likeness (QED) is 0.815. The standard InChI is InChI=1S/C15H14O2S/c16-12-3-1-2-11(8-12)14-7-5-10-4-6-13(17)9-15(10)18-14/h1-4,6,8-9,14,16-17H,5,7H2/t14-/m0/s1. The van der Waals surface area contributed by atoms with Crippen LogP contribution in [0, 0.1) is 0 Å². The maximum absolute atomic E-state index is 9.54. The van der Waals surface area contributed by atoms with Gasteiger partial charge in [-0.05, 0) is 48.2 Å². The summed E-state index contributed by atoms with van der Waals surface area (Å²) in [6.07, 6.45) is 2.08. The lowest BCUT2D eigenvalue weighted by Crippen LogP contribution is -2.04. The van der Waals surface area contributed by atoms with Gasteiger partial charge >= 0.3 is 0 Å². The summed E-state index contributed by atoms with van der Waals surface area (Å²) >= 11 is 1.76. The Morgan fingerprint density at radius 2 is 1.83 bits per heavy atom. The Morgan fingerprint density at radius 3 is 2.67 bits per heavy atom. The van der Waals surface area contributed by atoms with Crippen molar-refractivity contribution in [2.45, 2.75) is 23.0 Å². The number of thioether (sulfide) groups is 1. The second-order valence-electron chi connectivity index (χ2n) is 4.53. The third kappa shape index (κ3) is 2.18. The molecule has 0 spiro atoms. The SMILES string of the molecule is Oc1cccc([C@@H]2CCc3ccc(O)cc3S2)c1. The molecule has 18 heavy (non-hydrogen) atoms. The Bertz CT molecular complexity index is 580. The average Bonchev–Trinajstić information content (AvgIpc) is 2.38. The first-order valence-corrected chi connectivity index (χ1v) is 6.88. The van der Waals surface area contributed by atoms with Gasteiger partial charge in [0.25, 0.3) is 0 Å². The minimum atomic E-state index is 0.315. The molecular formula is C15H14O2S. The van der Waals surface area contributed by atoms with E-state index in [-0.39, 0.29) is 0 Å². The fraction of sp³-hybridized carbons (Fsp3) is 0.200. The summed E-state index contributed by atoms with van der Waals surface area (Å²) in [5.74, 6) is 0.632. The van der Waals surface area contributed by atoms with Gasteiger partial charge in [0.15, 0.2) is 0 Å². The molecular weight excluding hydrogens is 244 g/mol. The molecule has 0 unspecified atom stereocenters. The van der Waals surface area contributed by atoms with E-state index >= 15 is 0 Å². The topological polar surface area (TPSA) is 40.5 Å². The molecule has 2 nitrogen and oxygen atoms in total. The second-order valence-corrected chi connectivity index (χ2v) is 5.78. The van der Waals surface area contributed by atoms with E-state index in [1.807, 2.05) is 30.3 Å². The molecule has 0 radical (unpaired) electrons. The fourth-order valence-corrected chi connectivity index (χ4v) is 3.65. The zero-order chi connectivity index (χ0) is 12.5. The van der Waals surface area contributed by atoms with E-state index < -0.39 is 0 Å². The number of aryl methyl sites for hydroxylation is 1. The average molecular weight is 258 g/mol. The summed E-state index contributed by atoms with van der Waals surface area (Å²) in [5.41, 5.74) is 2.45. The Morgan fingerprint density at radius 1 is 1.00 bits per heavy atom. The Kier molecular flexibility index (Phi) is 2.92. The largest absolute Gasteiger partial charge is 0.508 e. The Hall–Kier alpha value is -1.61. The van der Waals surface area contributed by atoms with Crippen molar-refractivity contribution in [3.8, 4) is 11.5 Å². The van der Waals surface area contributed by atoms with Gasteiger partial charge < -0.3 is 10.2 Å². The lowest BCUT2D eigenvalue weighted by molar-refractivity contribution is 0.472. The molecule has 1 heterocycles. The van der Waals surface area contributed by atoms with Crippen LogP contribution in [0.5, 0.6) is 11.5 Å². The first kappa shape index (κ1) is 11.5. The van der Waals surface area contributed by atoms with Crippen LogP contribution in [-0.2, 0) is 6.42 Å². The molecule has 2 aromatic rings. The van der Waals surface area contributed by atoms with Crippen LogP contribution in [0.15, 0.2) is 47.4 Å². The highest BCUT2D eigenvalue weighted by atomic mass is 32.2. The van der Waals surface area contributed by atoms with Gasteiger partial charge in [0.2, 0.25) is 0 Å². The van der Waals surface area contributed by atoms with Gasteiger partial charge in [-0.2, -0.15) is 0 Å². The van der Waals surface area contributed by atoms with Crippen LogP contribution in [0.4, 0.5) is 0 Å². The lowest BCUT2D eigenvalue weighted by Gasteiger charge is -2.24. The molecule has 1 aliphatic rings. The zero-order valence-corrected chi connectivity index (χ0v) is 10.7. The maximum Gasteiger partial charge on any atom is 0.116 e.